The summed E-state index contributed by atoms with van der Waals surface area (Å²) in [4.78, 5) is 0. The fraction of sp³-hybridized carbons (Fsp3) is 0.111. The lowest BCUT2D eigenvalue weighted by molar-refractivity contribution is 0.783. The normalized spacial score (nSPS) is 10.6. The van der Waals surface area contributed by atoms with E-state index < -0.39 is 0 Å². The number of thiocarbonyl (C=S) groups is 2. The average molecular weight is 385 g/mol. The van der Waals surface area contributed by atoms with E-state index in [1.165, 1.54) is 0 Å². The Balaban J connectivity index is 1.55. The van der Waals surface area contributed by atoms with E-state index in [1.54, 1.807) is 12.4 Å². The summed E-state index contributed by atoms with van der Waals surface area (Å²) in [5.41, 5.74) is 7.52. The summed E-state index contributed by atoms with van der Waals surface area (Å²) < 4.78 is 0. The van der Waals surface area contributed by atoms with E-state index in [0.717, 1.165) is 11.1 Å². The van der Waals surface area contributed by atoms with Gasteiger partial charge in [-0.2, -0.15) is 10.2 Å². The number of hydrogen-bond donors (Lipinski definition) is 4. The van der Waals surface area contributed by atoms with Gasteiger partial charge in [0.15, 0.2) is 10.2 Å². The monoisotopic (exact) mass is 384 g/mol. The Hall–Kier alpha value is -2.84. The number of benzene rings is 2. The summed E-state index contributed by atoms with van der Waals surface area (Å²) in [7, 11) is 0. The van der Waals surface area contributed by atoms with Crippen LogP contribution in [-0.2, 0) is 0 Å². The third kappa shape index (κ3) is 8.32. The number of nitrogens with one attached hydrogen (secondary N) is 4. The molecule has 0 unspecified atom stereocenters. The Bertz CT molecular complexity index is 681. The maximum atomic E-state index is 5.14. The molecule has 0 amide bonds. The van der Waals surface area contributed by atoms with Gasteiger partial charge < -0.3 is 10.6 Å². The molecule has 0 saturated heterocycles. The van der Waals surface area contributed by atoms with Crippen molar-refractivity contribution >= 4 is 47.1 Å². The molecule has 0 aliphatic rings. The summed E-state index contributed by atoms with van der Waals surface area (Å²) in [5, 5.41) is 15.1. The van der Waals surface area contributed by atoms with Gasteiger partial charge in [-0.25, -0.2) is 0 Å². The third-order valence-electron chi connectivity index (χ3n) is 3.05. The highest BCUT2D eigenvalue weighted by molar-refractivity contribution is 7.80. The zero-order chi connectivity index (χ0) is 18.5. The molecule has 0 fully saturated rings. The predicted molar refractivity (Wildman–Crippen MR) is 116 cm³/mol. The number of hydrazone groups is 2. The van der Waals surface area contributed by atoms with Crippen LogP contribution in [0.15, 0.2) is 70.9 Å². The van der Waals surface area contributed by atoms with Gasteiger partial charge in [-0.1, -0.05) is 60.7 Å². The van der Waals surface area contributed by atoms with Gasteiger partial charge in [-0.3, -0.25) is 10.9 Å². The lowest BCUT2D eigenvalue weighted by atomic mass is 10.2. The van der Waals surface area contributed by atoms with Crippen molar-refractivity contribution in [1.29, 1.82) is 0 Å². The second-order valence-electron chi connectivity index (χ2n) is 5.07. The molecular weight excluding hydrogens is 364 g/mol. The van der Waals surface area contributed by atoms with Gasteiger partial charge in [0, 0.05) is 13.1 Å². The second-order valence-corrected chi connectivity index (χ2v) is 5.89. The number of rotatable bonds is 7. The molecule has 0 aliphatic heterocycles. The first kappa shape index (κ1) is 19.5. The molecular formula is C18H20N6S2. The first-order valence-electron chi connectivity index (χ1n) is 7.98. The van der Waals surface area contributed by atoms with Crippen LogP contribution in [0.2, 0.25) is 0 Å². The number of nitrogens with zero attached hydrogens (tertiary/aromatic N) is 2. The SMILES string of the molecule is S=C(NCCNC(=S)N/N=C/c1ccccc1)N/N=C\c1ccccc1. The van der Waals surface area contributed by atoms with Crippen LogP contribution in [0.5, 0.6) is 0 Å². The summed E-state index contributed by atoms with van der Waals surface area (Å²) >= 11 is 10.3. The molecule has 8 heteroatoms. The third-order valence-corrected chi connectivity index (χ3v) is 3.53. The van der Waals surface area contributed by atoms with E-state index in [-0.39, 0.29) is 0 Å². The van der Waals surface area contributed by atoms with Crippen LogP contribution >= 0.6 is 24.4 Å². The fourth-order valence-corrected chi connectivity index (χ4v) is 2.15. The first-order chi connectivity index (χ1) is 12.7. The molecule has 0 spiro atoms. The fourth-order valence-electron chi connectivity index (χ4n) is 1.84. The van der Waals surface area contributed by atoms with Crippen LogP contribution in [0.4, 0.5) is 0 Å². The van der Waals surface area contributed by atoms with Gasteiger partial charge in [0.1, 0.15) is 0 Å². The Labute approximate surface area is 163 Å². The van der Waals surface area contributed by atoms with E-state index in [1.807, 2.05) is 60.7 Å². The highest BCUT2D eigenvalue weighted by atomic mass is 32.1. The molecule has 0 atom stereocenters. The second kappa shape index (κ2) is 11.7. The average Bonchev–Trinajstić information content (AvgIpc) is 2.67. The van der Waals surface area contributed by atoms with E-state index in [2.05, 4.69) is 31.7 Å². The molecule has 0 aromatic heterocycles. The van der Waals surface area contributed by atoms with E-state index in [4.69, 9.17) is 24.4 Å². The Morgan fingerprint density at radius 3 is 1.46 bits per heavy atom. The summed E-state index contributed by atoms with van der Waals surface area (Å²) in [6.07, 6.45) is 3.41. The quantitative estimate of drug-likeness (QED) is 0.253. The highest BCUT2D eigenvalue weighted by Crippen LogP contribution is 1.93. The molecule has 2 rings (SSSR count). The van der Waals surface area contributed by atoms with Crippen molar-refractivity contribution in [3.05, 3.63) is 71.8 Å². The van der Waals surface area contributed by atoms with Crippen LogP contribution < -0.4 is 21.5 Å². The molecule has 0 bridgehead atoms. The molecule has 2 aromatic rings. The van der Waals surface area contributed by atoms with Crippen molar-refractivity contribution < 1.29 is 0 Å². The van der Waals surface area contributed by atoms with Gasteiger partial charge in [-0.15, -0.1) is 0 Å². The van der Waals surface area contributed by atoms with Crippen LogP contribution in [0, 0.1) is 0 Å². The van der Waals surface area contributed by atoms with Gasteiger partial charge in [0.2, 0.25) is 0 Å². The van der Waals surface area contributed by atoms with Crippen molar-refractivity contribution in [1.82, 2.24) is 21.5 Å². The molecule has 0 saturated carbocycles. The smallest absolute Gasteiger partial charge is 0.187 e. The van der Waals surface area contributed by atoms with Gasteiger partial charge in [0.05, 0.1) is 12.4 Å². The Morgan fingerprint density at radius 1 is 0.692 bits per heavy atom. The minimum absolute atomic E-state index is 0.444. The molecule has 0 aliphatic carbocycles. The van der Waals surface area contributed by atoms with Crippen molar-refractivity contribution in [2.24, 2.45) is 10.2 Å². The van der Waals surface area contributed by atoms with Crippen molar-refractivity contribution in [2.45, 2.75) is 0 Å². The van der Waals surface area contributed by atoms with Crippen LogP contribution in [-0.4, -0.2) is 35.7 Å². The maximum Gasteiger partial charge on any atom is 0.187 e. The summed E-state index contributed by atoms with van der Waals surface area (Å²) in [6.45, 7) is 1.19. The van der Waals surface area contributed by atoms with Gasteiger partial charge in [-0.05, 0) is 35.6 Å². The summed E-state index contributed by atoms with van der Waals surface area (Å²) in [6, 6.07) is 19.5. The molecule has 2 aromatic carbocycles. The summed E-state index contributed by atoms with van der Waals surface area (Å²) in [5.74, 6) is 0. The predicted octanol–water partition coefficient (Wildman–Crippen LogP) is 1.98. The van der Waals surface area contributed by atoms with Gasteiger partial charge in [0.25, 0.3) is 0 Å². The first-order valence-corrected chi connectivity index (χ1v) is 8.79. The van der Waals surface area contributed by atoms with Crippen molar-refractivity contribution in [2.75, 3.05) is 13.1 Å². The van der Waals surface area contributed by atoms with Crippen LogP contribution in [0.25, 0.3) is 0 Å². The standard InChI is InChI=1S/C18H20N6S2/c25-17(23-21-13-15-7-3-1-4-8-15)19-11-12-20-18(26)24-22-14-16-9-5-2-6-10-16/h1-10,13-14H,11-12H2,(H2,19,23,25)(H2,20,24,26)/b21-13-,22-14+. The molecule has 6 nitrogen and oxygen atoms in total. The molecule has 0 heterocycles. The molecule has 26 heavy (non-hydrogen) atoms. The zero-order valence-electron chi connectivity index (χ0n) is 14.1. The zero-order valence-corrected chi connectivity index (χ0v) is 15.7. The number of hydrogen-bond acceptors (Lipinski definition) is 4. The van der Waals surface area contributed by atoms with Crippen molar-refractivity contribution in [3.63, 3.8) is 0 Å². The van der Waals surface area contributed by atoms with Crippen molar-refractivity contribution in [3.8, 4) is 0 Å². The van der Waals surface area contributed by atoms with Crippen LogP contribution in [0.1, 0.15) is 11.1 Å². The lowest BCUT2D eigenvalue weighted by Crippen LogP contribution is -2.40. The highest BCUT2D eigenvalue weighted by Gasteiger charge is 1.95. The Morgan fingerprint density at radius 2 is 1.08 bits per heavy atom. The van der Waals surface area contributed by atoms with E-state index in [0.29, 0.717) is 23.3 Å². The van der Waals surface area contributed by atoms with E-state index >= 15 is 0 Å². The van der Waals surface area contributed by atoms with Crippen LogP contribution in [0.3, 0.4) is 0 Å². The minimum Gasteiger partial charge on any atom is -0.360 e. The largest absolute Gasteiger partial charge is 0.360 e. The Kier molecular flexibility index (Phi) is 8.74. The van der Waals surface area contributed by atoms with Gasteiger partial charge >= 0.3 is 0 Å². The minimum atomic E-state index is 0.444. The van der Waals surface area contributed by atoms with E-state index in [9.17, 15) is 0 Å². The lowest BCUT2D eigenvalue weighted by Gasteiger charge is -2.09. The topological polar surface area (TPSA) is 72.8 Å². The maximum absolute atomic E-state index is 5.14. The molecule has 0 radical (unpaired) electrons. The molecule has 4 N–H and O–H groups in total. The molecule has 134 valence electrons.